The second-order valence-electron chi connectivity index (χ2n) is 3.45. The maximum Gasteiger partial charge on any atom is 0.162 e. The van der Waals surface area contributed by atoms with Gasteiger partial charge in [-0.3, -0.25) is 0 Å². The number of aliphatic hydroxyl groups is 1. The van der Waals surface area contributed by atoms with Crippen molar-refractivity contribution in [2.24, 2.45) is 0 Å². The van der Waals surface area contributed by atoms with E-state index in [1.165, 1.54) is 0 Å². The van der Waals surface area contributed by atoms with Crippen LogP contribution >= 0.6 is 28.6 Å². The van der Waals surface area contributed by atoms with E-state index in [4.69, 9.17) is 5.11 Å². The van der Waals surface area contributed by atoms with Gasteiger partial charge in [-0.05, 0) is 17.7 Å². The van der Waals surface area contributed by atoms with Gasteiger partial charge < -0.3 is 10.1 Å². The molecular formula is C11H11BrN2OS. The van der Waals surface area contributed by atoms with Crippen LogP contribution in [0.1, 0.15) is 17.0 Å². The van der Waals surface area contributed by atoms with Gasteiger partial charge in [-0.25, -0.2) is 4.98 Å². The van der Waals surface area contributed by atoms with Gasteiger partial charge in [-0.2, -0.15) is 0 Å². The summed E-state index contributed by atoms with van der Waals surface area (Å²) in [5, 5.41) is 9.68. The largest absolute Gasteiger partial charge is 0.390 e. The molecule has 0 aliphatic heterocycles. The van der Waals surface area contributed by atoms with Gasteiger partial charge in [0.25, 0.3) is 0 Å². The molecule has 5 heteroatoms. The number of nitrogens with one attached hydrogen (secondary N) is 1. The van der Waals surface area contributed by atoms with E-state index in [9.17, 15) is 0 Å². The van der Waals surface area contributed by atoms with Crippen LogP contribution in [0.5, 0.6) is 0 Å². The predicted molar refractivity (Wildman–Crippen MR) is 68.7 cm³/mol. The van der Waals surface area contributed by atoms with E-state index in [-0.39, 0.29) is 6.61 Å². The van der Waals surface area contributed by atoms with Crippen molar-refractivity contribution in [3.63, 3.8) is 0 Å². The fraction of sp³-hybridized carbons (Fsp3) is 0.182. The number of hydrogen-bond donors (Lipinski definition) is 3. The summed E-state index contributed by atoms with van der Waals surface area (Å²) >= 11 is 7.52. The smallest absolute Gasteiger partial charge is 0.162 e. The number of aromatic nitrogens is 2. The lowest BCUT2D eigenvalue weighted by Gasteiger charge is -2.00. The van der Waals surface area contributed by atoms with Gasteiger partial charge in [0, 0.05) is 10.9 Å². The lowest BCUT2D eigenvalue weighted by atomic mass is 10.1. The standard InChI is InChI=1S/C11H11BrN2OS/c12-8-3-1-7(2-4-8)5-9-10(6-15)14-11(16)13-9/h1-4,15H,5-6H2,(H2,13,14,16). The summed E-state index contributed by atoms with van der Waals surface area (Å²) in [5.74, 6) is 0. The second-order valence-corrected chi connectivity index (χ2v) is 4.79. The third-order valence-electron chi connectivity index (χ3n) is 2.29. The molecule has 0 amide bonds. The first-order valence-electron chi connectivity index (χ1n) is 4.81. The second kappa shape index (κ2) is 5.03. The van der Waals surface area contributed by atoms with E-state index < -0.39 is 0 Å². The van der Waals surface area contributed by atoms with Gasteiger partial charge in [0.2, 0.25) is 0 Å². The summed E-state index contributed by atoms with van der Waals surface area (Å²) in [6.45, 7) is -0.0422. The minimum Gasteiger partial charge on any atom is -0.390 e. The Balaban J connectivity index is 2.22. The minimum absolute atomic E-state index is 0.0422. The molecule has 0 aliphatic rings. The molecule has 0 saturated heterocycles. The van der Waals surface area contributed by atoms with Crippen molar-refractivity contribution in [1.29, 1.82) is 0 Å². The van der Waals surface area contributed by atoms with Gasteiger partial charge in [-0.15, -0.1) is 12.6 Å². The maximum absolute atomic E-state index is 9.14. The number of thiol groups is 1. The Morgan fingerprint density at radius 3 is 2.62 bits per heavy atom. The number of benzene rings is 1. The van der Waals surface area contributed by atoms with E-state index in [0.29, 0.717) is 11.6 Å². The highest BCUT2D eigenvalue weighted by atomic mass is 79.9. The van der Waals surface area contributed by atoms with Crippen LogP contribution in [0.25, 0.3) is 0 Å². The van der Waals surface area contributed by atoms with Gasteiger partial charge in [-0.1, -0.05) is 28.1 Å². The SMILES string of the molecule is OCc1[nH]c(S)nc1Cc1ccc(Br)cc1. The molecule has 2 aromatic rings. The fourth-order valence-corrected chi connectivity index (χ4v) is 2.02. The van der Waals surface area contributed by atoms with Crippen molar-refractivity contribution < 1.29 is 5.11 Å². The van der Waals surface area contributed by atoms with Crippen LogP contribution < -0.4 is 0 Å². The van der Waals surface area contributed by atoms with Crippen LogP contribution in [0, 0.1) is 0 Å². The first kappa shape index (κ1) is 11.7. The molecule has 84 valence electrons. The fourth-order valence-electron chi connectivity index (χ4n) is 1.50. The molecule has 0 aliphatic carbocycles. The lowest BCUT2D eigenvalue weighted by molar-refractivity contribution is 0.276. The number of aliphatic hydroxyl groups excluding tert-OH is 1. The van der Waals surface area contributed by atoms with Crippen molar-refractivity contribution in [1.82, 2.24) is 9.97 Å². The Labute approximate surface area is 107 Å². The van der Waals surface area contributed by atoms with Crippen molar-refractivity contribution in [3.8, 4) is 0 Å². The Hall–Kier alpha value is -0.780. The van der Waals surface area contributed by atoms with Crippen molar-refractivity contribution >= 4 is 28.6 Å². The van der Waals surface area contributed by atoms with Gasteiger partial charge in [0.15, 0.2) is 5.16 Å². The Bertz CT molecular complexity index is 481. The molecule has 0 bridgehead atoms. The van der Waals surface area contributed by atoms with E-state index in [0.717, 1.165) is 21.4 Å². The highest BCUT2D eigenvalue weighted by Crippen LogP contribution is 2.16. The zero-order valence-electron chi connectivity index (χ0n) is 8.44. The molecule has 1 heterocycles. The van der Waals surface area contributed by atoms with E-state index >= 15 is 0 Å². The van der Waals surface area contributed by atoms with Gasteiger partial charge in [0.1, 0.15) is 0 Å². The first-order chi connectivity index (χ1) is 7.69. The summed E-state index contributed by atoms with van der Waals surface area (Å²) in [6.07, 6.45) is 0.695. The Morgan fingerprint density at radius 2 is 2.00 bits per heavy atom. The average Bonchev–Trinajstić information content (AvgIpc) is 2.62. The molecule has 1 aromatic heterocycles. The van der Waals surface area contributed by atoms with Crippen LogP contribution in [0.15, 0.2) is 33.9 Å². The van der Waals surface area contributed by atoms with E-state index in [1.54, 1.807) is 0 Å². The van der Waals surface area contributed by atoms with Crippen LogP contribution in [-0.2, 0) is 13.0 Å². The Morgan fingerprint density at radius 1 is 1.31 bits per heavy atom. The zero-order chi connectivity index (χ0) is 11.5. The summed E-state index contributed by atoms with van der Waals surface area (Å²) in [7, 11) is 0. The topological polar surface area (TPSA) is 48.9 Å². The molecule has 2 N–H and O–H groups in total. The summed E-state index contributed by atoms with van der Waals surface area (Å²) in [6, 6.07) is 8.03. The van der Waals surface area contributed by atoms with Crippen LogP contribution in [0.3, 0.4) is 0 Å². The summed E-state index contributed by atoms with van der Waals surface area (Å²) in [4.78, 5) is 7.16. The molecule has 1 aromatic carbocycles. The maximum atomic E-state index is 9.14. The number of H-pyrrole nitrogens is 1. The highest BCUT2D eigenvalue weighted by molar-refractivity contribution is 9.10. The summed E-state index contributed by atoms with van der Waals surface area (Å²) < 4.78 is 1.05. The van der Waals surface area contributed by atoms with E-state index in [2.05, 4.69) is 38.5 Å². The number of nitrogens with zero attached hydrogens (tertiary/aromatic N) is 1. The quantitative estimate of drug-likeness (QED) is 0.763. The third-order valence-corrected chi connectivity index (χ3v) is 3.04. The van der Waals surface area contributed by atoms with Gasteiger partial charge >= 0.3 is 0 Å². The monoisotopic (exact) mass is 298 g/mol. The van der Waals surface area contributed by atoms with Crippen molar-refractivity contribution in [3.05, 3.63) is 45.7 Å². The molecule has 2 rings (SSSR count). The predicted octanol–water partition coefficient (Wildman–Crippen LogP) is 2.54. The molecule has 0 unspecified atom stereocenters. The molecule has 0 atom stereocenters. The molecule has 0 saturated carbocycles. The molecular weight excluding hydrogens is 288 g/mol. The van der Waals surface area contributed by atoms with Gasteiger partial charge in [0.05, 0.1) is 18.0 Å². The normalized spacial score (nSPS) is 10.7. The van der Waals surface area contributed by atoms with Crippen LogP contribution in [0.2, 0.25) is 0 Å². The minimum atomic E-state index is -0.0422. The number of hydrogen-bond acceptors (Lipinski definition) is 3. The first-order valence-corrected chi connectivity index (χ1v) is 6.05. The molecule has 0 spiro atoms. The summed E-state index contributed by atoms with van der Waals surface area (Å²) in [5.41, 5.74) is 2.72. The molecule has 16 heavy (non-hydrogen) atoms. The number of aromatic amines is 1. The highest BCUT2D eigenvalue weighted by Gasteiger charge is 2.08. The number of rotatable bonds is 3. The lowest BCUT2D eigenvalue weighted by Crippen LogP contribution is -1.94. The van der Waals surface area contributed by atoms with E-state index in [1.807, 2.05) is 24.3 Å². The molecule has 0 radical (unpaired) electrons. The Kier molecular flexibility index (Phi) is 3.68. The number of halogens is 1. The average molecular weight is 299 g/mol. The number of imidazole rings is 1. The third kappa shape index (κ3) is 2.66. The van der Waals surface area contributed by atoms with Crippen molar-refractivity contribution in [2.75, 3.05) is 0 Å². The molecule has 0 fully saturated rings. The molecule has 3 nitrogen and oxygen atoms in total. The van der Waals surface area contributed by atoms with Crippen molar-refractivity contribution in [2.45, 2.75) is 18.2 Å². The van der Waals surface area contributed by atoms with Crippen LogP contribution in [-0.4, -0.2) is 15.1 Å². The van der Waals surface area contributed by atoms with Crippen LogP contribution in [0.4, 0.5) is 0 Å². The zero-order valence-corrected chi connectivity index (χ0v) is 10.9.